The van der Waals surface area contributed by atoms with Crippen LogP contribution in [0.4, 0.5) is 5.69 Å². The minimum Gasteiger partial charge on any atom is -0.390 e. The summed E-state index contributed by atoms with van der Waals surface area (Å²) in [6.45, 7) is 5.61. The fourth-order valence-corrected chi connectivity index (χ4v) is 2.26. The van der Waals surface area contributed by atoms with E-state index in [9.17, 15) is 9.90 Å². The molecule has 98 valence electrons. The van der Waals surface area contributed by atoms with Gasteiger partial charge >= 0.3 is 0 Å². The summed E-state index contributed by atoms with van der Waals surface area (Å²) in [5.41, 5.74) is 0.929. The van der Waals surface area contributed by atoms with Gasteiger partial charge in [0.25, 0.3) is 0 Å². The van der Waals surface area contributed by atoms with Gasteiger partial charge in [0.2, 0.25) is 5.91 Å². The summed E-state index contributed by atoms with van der Waals surface area (Å²) < 4.78 is 0. The van der Waals surface area contributed by atoms with Crippen LogP contribution >= 0.6 is 0 Å². The van der Waals surface area contributed by atoms with Crippen molar-refractivity contribution in [3.8, 4) is 0 Å². The summed E-state index contributed by atoms with van der Waals surface area (Å²) in [5, 5.41) is 9.23. The number of hydrogen-bond acceptors (Lipinski definition) is 3. The molecule has 0 atom stereocenters. The molecule has 1 aliphatic rings. The van der Waals surface area contributed by atoms with E-state index < -0.39 is 0 Å². The molecule has 1 N–H and O–H groups in total. The van der Waals surface area contributed by atoms with Gasteiger partial charge < -0.3 is 10.0 Å². The van der Waals surface area contributed by atoms with Crippen LogP contribution in [-0.2, 0) is 4.79 Å². The van der Waals surface area contributed by atoms with Crippen LogP contribution in [0.15, 0.2) is 30.3 Å². The minimum absolute atomic E-state index is 0.0862. The van der Waals surface area contributed by atoms with Crippen molar-refractivity contribution in [3.63, 3.8) is 0 Å². The van der Waals surface area contributed by atoms with Crippen LogP contribution < -0.4 is 4.90 Å². The highest BCUT2D eigenvalue weighted by Crippen LogP contribution is 2.18. The summed E-state index contributed by atoms with van der Waals surface area (Å²) in [6, 6.07) is 9.84. The van der Waals surface area contributed by atoms with Crippen molar-refractivity contribution in [2.45, 2.75) is 26.0 Å². The van der Waals surface area contributed by atoms with Crippen molar-refractivity contribution in [2.75, 3.05) is 24.5 Å². The monoisotopic (exact) mass is 248 g/mol. The Bertz CT molecular complexity index is 400. The maximum absolute atomic E-state index is 12.3. The fourth-order valence-electron chi connectivity index (χ4n) is 2.26. The van der Waals surface area contributed by atoms with Gasteiger partial charge in [-0.1, -0.05) is 18.2 Å². The van der Waals surface area contributed by atoms with Gasteiger partial charge in [-0.15, -0.1) is 0 Å². The minimum atomic E-state index is -0.262. The van der Waals surface area contributed by atoms with E-state index in [0.29, 0.717) is 19.6 Å². The van der Waals surface area contributed by atoms with Gasteiger partial charge in [-0.3, -0.25) is 9.69 Å². The number of carbonyl (C=O) groups is 1. The molecule has 0 aliphatic carbocycles. The molecule has 1 aliphatic heterocycles. The van der Waals surface area contributed by atoms with Gasteiger partial charge in [-0.05, 0) is 26.0 Å². The van der Waals surface area contributed by atoms with E-state index in [0.717, 1.165) is 5.69 Å². The average molecular weight is 248 g/mol. The van der Waals surface area contributed by atoms with Crippen molar-refractivity contribution in [1.82, 2.24) is 4.90 Å². The number of hydrogen-bond donors (Lipinski definition) is 1. The summed E-state index contributed by atoms with van der Waals surface area (Å²) in [4.78, 5) is 16.1. The maximum Gasteiger partial charge on any atom is 0.241 e. The molecule has 0 aromatic heterocycles. The number of aliphatic hydroxyl groups is 1. The first-order chi connectivity index (χ1) is 8.58. The molecule has 2 rings (SSSR count). The Labute approximate surface area is 108 Å². The lowest BCUT2D eigenvalue weighted by Gasteiger charge is -2.37. The Morgan fingerprint density at radius 3 is 2.50 bits per heavy atom. The van der Waals surface area contributed by atoms with E-state index in [1.165, 1.54) is 0 Å². The van der Waals surface area contributed by atoms with Gasteiger partial charge in [-0.25, -0.2) is 0 Å². The molecule has 4 nitrogen and oxygen atoms in total. The summed E-state index contributed by atoms with van der Waals surface area (Å²) in [6.07, 6.45) is -0.262. The Kier molecular flexibility index (Phi) is 3.99. The van der Waals surface area contributed by atoms with E-state index >= 15 is 0 Å². The number of rotatable bonds is 4. The second-order valence-electron chi connectivity index (χ2n) is 5.04. The van der Waals surface area contributed by atoms with Gasteiger partial charge in [0, 0.05) is 24.8 Å². The first-order valence-electron chi connectivity index (χ1n) is 6.35. The van der Waals surface area contributed by atoms with Crippen LogP contribution in [0.25, 0.3) is 0 Å². The van der Waals surface area contributed by atoms with Crippen LogP contribution in [0.1, 0.15) is 13.8 Å². The van der Waals surface area contributed by atoms with Crippen molar-refractivity contribution < 1.29 is 9.90 Å². The highest BCUT2D eigenvalue weighted by Gasteiger charge is 2.28. The van der Waals surface area contributed by atoms with Crippen LogP contribution in [0, 0.1) is 0 Å². The summed E-state index contributed by atoms with van der Waals surface area (Å²) in [5.74, 6) is 0.0862. The Balaban J connectivity index is 2.04. The van der Waals surface area contributed by atoms with Crippen LogP contribution in [0.5, 0.6) is 0 Å². The second-order valence-corrected chi connectivity index (χ2v) is 5.04. The number of nitrogens with zero attached hydrogens (tertiary/aromatic N) is 2. The van der Waals surface area contributed by atoms with Crippen LogP contribution in [-0.4, -0.2) is 47.7 Å². The zero-order valence-corrected chi connectivity index (χ0v) is 10.9. The summed E-state index contributed by atoms with van der Waals surface area (Å²) >= 11 is 0. The summed E-state index contributed by atoms with van der Waals surface area (Å²) in [7, 11) is 0. The number of likely N-dealkylation sites (tertiary alicyclic amines) is 1. The lowest BCUT2D eigenvalue weighted by Crippen LogP contribution is -2.55. The quantitative estimate of drug-likeness (QED) is 0.868. The Morgan fingerprint density at radius 1 is 1.39 bits per heavy atom. The van der Waals surface area contributed by atoms with Gasteiger partial charge in [0.15, 0.2) is 0 Å². The van der Waals surface area contributed by atoms with Crippen LogP contribution in [0.3, 0.4) is 0 Å². The number of benzene rings is 1. The average Bonchev–Trinajstić information content (AvgIpc) is 2.28. The number of β-amino-alcohol motifs (C(OH)–C–C–N with tert-alkyl or cyclic N) is 1. The number of carbonyl (C=O) groups excluding carboxylic acids is 1. The van der Waals surface area contributed by atoms with E-state index in [-0.39, 0.29) is 18.1 Å². The third-order valence-electron chi connectivity index (χ3n) is 3.12. The van der Waals surface area contributed by atoms with Crippen molar-refractivity contribution >= 4 is 11.6 Å². The van der Waals surface area contributed by atoms with Crippen molar-refractivity contribution in [2.24, 2.45) is 0 Å². The molecule has 0 spiro atoms. The van der Waals surface area contributed by atoms with Crippen molar-refractivity contribution in [1.29, 1.82) is 0 Å². The zero-order valence-electron chi connectivity index (χ0n) is 10.9. The third kappa shape index (κ3) is 2.89. The van der Waals surface area contributed by atoms with E-state index in [2.05, 4.69) is 0 Å². The van der Waals surface area contributed by atoms with E-state index in [4.69, 9.17) is 0 Å². The van der Waals surface area contributed by atoms with Gasteiger partial charge in [-0.2, -0.15) is 0 Å². The number of para-hydroxylation sites is 1. The number of anilines is 1. The predicted molar refractivity (Wildman–Crippen MR) is 71.5 cm³/mol. The number of aliphatic hydroxyl groups excluding tert-OH is 1. The molecule has 1 amide bonds. The topological polar surface area (TPSA) is 43.8 Å². The maximum atomic E-state index is 12.3. The molecule has 1 heterocycles. The lowest BCUT2D eigenvalue weighted by molar-refractivity contribution is -0.122. The second kappa shape index (κ2) is 5.50. The highest BCUT2D eigenvalue weighted by atomic mass is 16.3. The molecule has 4 heteroatoms. The van der Waals surface area contributed by atoms with Gasteiger partial charge in [0.1, 0.15) is 0 Å². The Hall–Kier alpha value is -1.39. The fraction of sp³-hybridized carbons (Fsp3) is 0.500. The first kappa shape index (κ1) is 13.1. The molecular formula is C14H20N2O2. The molecular weight excluding hydrogens is 228 g/mol. The molecule has 1 aromatic rings. The largest absolute Gasteiger partial charge is 0.390 e. The molecule has 0 saturated carbocycles. The normalized spacial score (nSPS) is 16.7. The standard InChI is InChI=1S/C14H20N2O2/c1-11(2)16(12-6-4-3-5-7-12)14(18)10-15-8-13(17)9-15/h3-7,11,13,17H,8-10H2,1-2H3. The molecule has 1 aromatic carbocycles. The smallest absolute Gasteiger partial charge is 0.241 e. The molecule has 1 fully saturated rings. The number of amides is 1. The van der Waals surface area contributed by atoms with E-state index in [1.54, 1.807) is 0 Å². The Morgan fingerprint density at radius 2 is 2.00 bits per heavy atom. The molecule has 0 bridgehead atoms. The highest BCUT2D eigenvalue weighted by molar-refractivity contribution is 5.95. The first-order valence-corrected chi connectivity index (χ1v) is 6.35. The molecule has 0 unspecified atom stereocenters. The SMILES string of the molecule is CC(C)N(C(=O)CN1CC(O)C1)c1ccccc1. The molecule has 1 saturated heterocycles. The third-order valence-corrected chi connectivity index (χ3v) is 3.12. The predicted octanol–water partition coefficient (Wildman–Crippen LogP) is 1.10. The van der Waals surface area contributed by atoms with Crippen molar-refractivity contribution in [3.05, 3.63) is 30.3 Å². The lowest BCUT2D eigenvalue weighted by atomic mass is 10.1. The molecule has 18 heavy (non-hydrogen) atoms. The van der Waals surface area contributed by atoms with Crippen LogP contribution in [0.2, 0.25) is 0 Å². The van der Waals surface area contributed by atoms with E-state index in [1.807, 2.05) is 54.0 Å². The van der Waals surface area contributed by atoms with Gasteiger partial charge in [0.05, 0.1) is 12.6 Å². The zero-order chi connectivity index (χ0) is 13.1. The molecule has 0 radical (unpaired) electrons.